The molecule has 0 aromatic heterocycles. The quantitative estimate of drug-likeness (QED) is 0.840. The highest BCUT2D eigenvalue weighted by Crippen LogP contribution is 2.14. The normalized spacial score (nSPS) is 16.6. The van der Waals surface area contributed by atoms with Crippen LogP contribution in [-0.4, -0.2) is 50.6 Å². The van der Waals surface area contributed by atoms with Crippen molar-refractivity contribution in [2.24, 2.45) is 0 Å². The van der Waals surface area contributed by atoms with E-state index in [1.54, 1.807) is 24.3 Å². The molecule has 0 atom stereocenters. The first kappa shape index (κ1) is 16.2. The van der Waals surface area contributed by atoms with E-state index in [1.807, 2.05) is 0 Å². The fourth-order valence-electron chi connectivity index (χ4n) is 2.03. The molecule has 1 aromatic rings. The second kappa shape index (κ2) is 7.22. The average Bonchev–Trinajstić information content (AvgIpc) is 2.49. The minimum absolute atomic E-state index is 0.0606. The summed E-state index contributed by atoms with van der Waals surface area (Å²) in [6.07, 6.45) is -0.0606. The third kappa shape index (κ3) is 4.96. The van der Waals surface area contributed by atoms with Gasteiger partial charge in [-0.25, -0.2) is 8.42 Å². The number of hydrogen-bond donors (Lipinski definition) is 2. The van der Waals surface area contributed by atoms with Crippen LogP contribution in [0.4, 0.5) is 5.69 Å². The molecule has 1 heterocycles. The average molecular weight is 332 g/mol. The van der Waals surface area contributed by atoms with E-state index in [1.165, 1.54) is 4.31 Å². The number of halogens is 1. The van der Waals surface area contributed by atoms with E-state index in [0.29, 0.717) is 36.9 Å². The number of benzene rings is 1. The summed E-state index contributed by atoms with van der Waals surface area (Å²) in [5.74, 6) is -0.497. The number of hydrogen-bond acceptors (Lipinski definition) is 4. The maximum absolute atomic E-state index is 12.1. The lowest BCUT2D eigenvalue weighted by Gasteiger charge is -2.26. The number of nitrogens with zero attached hydrogens (tertiary/aromatic N) is 1. The molecule has 0 aliphatic carbocycles. The third-order valence-corrected chi connectivity index (χ3v) is 5.31. The van der Waals surface area contributed by atoms with Gasteiger partial charge in [-0.1, -0.05) is 11.6 Å². The molecule has 21 heavy (non-hydrogen) atoms. The Hall–Kier alpha value is -1.15. The van der Waals surface area contributed by atoms with Crippen molar-refractivity contribution >= 4 is 33.2 Å². The number of carbonyl (C=O) groups excluding carboxylic acids is 1. The highest BCUT2D eigenvalue weighted by atomic mass is 35.5. The number of nitrogens with one attached hydrogen (secondary N) is 2. The number of rotatable bonds is 5. The second-order valence-corrected chi connectivity index (χ2v) is 7.30. The number of piperazine rings is 1. The Labute approximate surface area is 129 Å². The maximum Gasteiger partial charge on any atom is 0.225 e. The first-order valence-electron chi connectivity index (χ1n) is 6.71. The van der Waals surface area contributed by atoms with Crippen LogP contribution < -0.4 is 10.6 Å². The van der Waals surface area contributed by atoms with E-state index < -0.39 is 10.0 Å². The molecular weight excluding hydrogens is 314 g/mol. The molecule has 6 nitrogen and oxygen atoms in total. The van der Waals surface area contributed by atoms with E-state index in [0.717, 1.165) is 0 Å². The van der Waals surface area contributed by atoms with Gasteiger partial charge in [0.2, 0.25) is 15.9 Å². The van der Waals surface area contributed by atoms with Gasteiger partial charge in [0.05, 0.1) is 5.75 Å². The van der Waals surface area contributed by atoms with Crippen molar-refractivity contribution in [2.75, 3.05) is 37.2 Å². The monoisotopic (exact) mass is 331 g/mol. The van der Waals surface area contributed by atoms with Gasteiger partial charge >= 0.3 is 0 Å². The second-order valence-electron chi connectivity index (χ2n) is 4.77. The van der Waals surface area contributed by atoms with Crippen molar-refractivity contribution in [3.8, 4) is 0 Å². The fourth-order valence-corrected chi connectivity index (χ4v) is 3.60. The van der Waals surface area contributed by atoms with Crippen LogP contribution in [0.25, 0.3) is 0 Å². The number of anilines is 1. The van der Waals surface area contributed by atoms with Crippen molar-refractivity contribution in [1.82, 2.24) is 9.62 Å². The molecule has 1 aromatic carbocycles. The van der Waals surface area contributed by atoms with Crippen LogP contribution in [-0.2, 0) is 14.8 Å². The topological polar surface area (TPSA) is 78.5 Å². The Morgan fingerprint density at radius 2 is 1.86 bits per heavy atom. The molecule has 116 valence electrons. The van der Waals surface area contributed by atoms with Gasteiger partial charge in [-0.2, -0.15) is 4.31 Å². The van der Waals surface area contributed by atoms with Gasteiger partial charge in [0.1, 0.15) is 0 Å². The van der Waals surface area contributed by atoms with Crippen LogP contribution in [0, 0.1) is 0 Å². The minimum atomic E-state index is -3.37. The molecule has 2 rings (SSSR count). The lowest BCUT2D eigenvalue weighted by atomic mass is 10.3. The Bertz CT molecular complexity index is 583. The number of sulfonamides is 1. The highest BCUT2D eigenvalue weighted by Gasteiger charge is 2.24. The summed E-state index contributed by atoms with van der Waals surface area (Å²) in [6, 6.07) is 6.67. The van der Waals surface area contributed by atoms with Gasteiger partial charge in [-0.15, -0.1) is 0 Å². The molecule has 1 aliphatic rings. The van der Waals surface area contributed by atoms with Gasteiger partial charge < -0.3 is 10.6 Å². The van der Waals surface area contributed by atoms with Crippen molar-refractivity contribution in [3.05, 3.63) is 29.3 Å². The predicted octanol–water partition coefficient (Wildman–Crippen LogP) is 0.904. The first-order valence-corrected chi connectivity index (χ1v) is 8.70. The van der Waals surface area contributed by atoms with Crippen LogP contribution in [0.3, 0.4) is 0 Å². The summed E-state index contributed by atoms with van der Waals surface area (Å²) in [6.45, 7) is 2.22. The van der Waals surface area contributed by atoms with Gasteiger partial charge in [0.25, 0.3) is 0 Å². The Morgan fingerprint density at radius 1 is 1.24 bits per heavy atom. The summed E-state index contributed by atoms with van der Waals surface area (Å²) in [5.41, 5.74) is 0.601. The van der Waals surface area contributed by atoms with E-state index >= 15 is 0 Å². The molecule has 1 aliphatic heterocycles. The fraction of sp³-hybridized carbons (Fsp3) is 0.462. The first-order chi connectivity index (χ1) is 9.97. The predicted molar refractivity (Wildman–Crippen MR) is 82.9 cm³/mol. The molecule has 1 saturated heterocycles. The van der Waals surface area contributed by atoms with Crippen molar-refractivity contribution in [3.63, 3.8) is 0 Å². The molecule has 1 amide bonds. The number of amides is 1. The van der Waals surface area contributed by atoms with Gasteiger partial charge in [-0.05, 0) is 24.3 Å². The molecule has 0 saturated carbocycles. The molecule has 1 fully saturated rings. The summed E-state index contributed by atoms with van der Waals surface area (Å²) in [4.78, 5) is 11.8. The SMILES string of the molecule is O=C(CCS(=O)(=O)N1CCNCC1)Nc1ccc(Cl)cc1. The van der Waals surface area contributed by atoms with Crippen LogP contribution >= 0.6 is 11.6 Å². The van der Waals surface area contributed by atoms with Gasteiger partial charge in [0.15, 0.2) is 0 Å². The minimum Gasteiger partial charge on any atom is -0.326 e. The van der Waals surface area contributed by atoms with E-state index in [2.05, 4.69) is 10.6 Å². The Balaban J connectivity index is 1.84. The lowest BCUT2D eigenvalue weighted by Crippen LogP contribution is -2.47. The van der Waals surface area contributed by atoms with Crippen molar-refractivity contribution in [1.29, 1.82) is 0 Å². The van der Waals surface area contributed by atoms with Crippen LogP contribution in [0.2, 0.25) is 5.02 Å². The van der Waals surface area contributed by atoms with Crippen LogP contribution in [0.5, 0.6) is 0 Å². The number of carbonyl (C=O) groups is 1. The van der Waals surface area contributed by atoms with E-state index in [4.69, 9.17) is 11.6 Å². The lowest BCUT2D eigenvalue weighted by molar-refractivity contribution is -0.115. The Kier molecular flexibility index (Phi) is 5.58. The molecule has 0 unspecified atom stereocenters. The molecule has 0 bridgehead atoms. The maximum atomic E-state index is 12.1. The molecular formula is C13H18ClN3O3S. The summed E-state index contributed by atoms with van der Waals surface area (Å²) < 4.78 is 25.6. The van der Waals surface area contributed by atoms with Crippen molar-refractivity contribution < 1.29 is 13.2 Å². The highest BCUT2D eigenvalue weighted by molar-refractivity contribution is 7.89. The van der Waals surface area contributed by atoms with E-state index in [9.17, 15) is 13.2 Å². The zero-order valence-corrected chi connectivity index (χ0v) is 13.1. The zero-order valence-electron chi connectivity index (χ0n) is 11.5. The van der Waals surface area contributed by atoms with Crippen LogP contribution in [0.1, 0.15) is 6.42 Å². The van der Waals surface area contributed by atoms with Crippen LogP contribution in [0.15, 0.2) is 24.3 Å². The van der Waals surface area contributed by atoms with Gasteiger partial charge in [0, 0.05) is 43.3 Å². The largest absolute Gasteiger partial charge is 0.326 e. The van der Waals surface area contributed by atoms with Crippen molar-refractivity contribution in [2.45, 2.75) is 6.42 Å². The third-order valence-electron chi connectivity index (χ3n) is 3.18. The Morgan fingerprint density at radius 3 is 2.48 bits per heavy atom. The van der Waals surface area contributed by atoms with Gasteiger partial charge in [-0.3, -0.25) is 4.79 Å². The van der Waals surface area contributed by atoms with E-state index in [-0.39, 0.29) is 18.1 Å². The zero-order chi connectivity index (χ0) is 15.3. The smallest absolute Gasteiger partial charge is 0.225 e. The molecule has 0 radical (unpaired) electrons. The molecule has 0 spiro atoms. The molecule has 8 heteroatoms. The standard InChI is InChI=1S/C13H18ClN3O3S/c14-11-1-3-12(4-2-11)16-13(18)5-10-21(19,20)17-8-6-15-7-9-17/h1-4,15H,5-10H2,(H,16,18). The summed E-state index contributed by atoms with van der Waals surface area (Å²) in [5, 5.41) is 6.32. The molecule has 2 N–H and O–H groups in total. The summed E-state index contributed by atoms with van der Waals surface area (Å²) >= 11 is 5.75. The summed E-state index contributed by atoms with van der Waals surface area (Å²) in [7, 11) is -3.37.